The third-order valence-electron chi connectivity index (χ3n) is 2.89. The number of aryl methyl sites for hydroxylation is 2. The van der Waals surface area contributed by atoms with Crippen molar-refractivity contribution in [1.29, 1.82) is 0 Å². The molecule has 2 aromatic heterocycles. The van der Waals surface area contributed by atoms with Gasteiger partial charge in [0.25, 0.3) is 5.91 Å². The largest absolute Gasteiger partial charge is 0.478 e. The van der Waals surface area contributed by atoms with E-state index in [1.807, 2.05) is 0 Å². The Morgan fingerprint density at radius 1 is 1.38 bits per heavy atom. The van der Waals surface area contributed by atoms with Crippen LogP contribution in [0.4, 0.5) is 0 Å². The van der Waals surface area contributed by atoms with Crippen LogP contribution in [0.15, 0.2) is 18.5 Å². The predicted octanol–water partition coefficient (Wildman–Crippen LogP) is 0.569. The van der Waals surface area contributed by atoms with E-state index in [0.717, 1.165) is 5.82 Å². The van der Waals surface area contributed by atoms with Crippen LogP contribution in [-0.2, 0) is 6.42 Å². The summed E-state index contributed by atoms with van der Waals surface area (Å²) in [4.78, 5) is 30.7. The normalized spacial score (nSPS) is 10.3. The highest BCUT2D eigenvalue weighted by atomic mass is 16.4. The van der Waals surface area contributed by atoms with Gasteiger partial charge in [-0.2, -0.15) is 5.10 Å². The molecule has 3 N–H and O–H groups in total. The number of aromatic carboxylic acids is 1. The number of aromatic nitrogens is 4. The maximum atomic E-state index is 11.9. The van der Waals surface area contributed by atoms with Crippen LogP contribution in [0.25, 0.3) is 0 Å². The molecule has 21 heavy (non-hydrogen) atoms. The smallest absolute Gasteiger partial charge is 0.337 e. The Balaban J connectivity index is 1.85. The summed E-state index contributed by atoms with van der Waals surface area (Å²) >= 11 is 0. The summed E-state index contributed by atoms with van der Waals surface area (Å²) in [5, 5.41) is 18.1. The topological polar surface area (TPSA) is 121 Å². The number of rotatable bonds is 6. The van der Waals surface area contributed by atoms with E-state index in [0.29, 0.717) is 25.1 Å². The lowest BCUT2D eigenvalue weighted by atomic mass is 10.2. The molecule has 8 heteroatoms. The zero-order valence-corrected chi connectivity index (χ0v) is 11.5. The summed E-state index contributed by atoms with van der Waals surface area (Å²) in [6, 6.07) is 2.79. The van der Waals surface area contributed by atoms with Crippen LogP contribution < -0.4 is 5.32 Å². The summed E-state index contributed by atoms with van der Waals surface area (Å²) < 4.78 is 0. The van der Waals surface area contributed by atoms with E-state index in [-0.39, 0.29) is 17.2 Å². The van der Waals surface area contributed by atoms with Crippen molar-refractivity contribution in [1.82, 2.24) is 25.5 Å². The van der Waals surface area contributed by atoms with Crippen LogP contribution in [0.2, 0.25) is 0 Å². The van der Waals surface area contributed by atoms with Gasteiger partial charge in [0.1, 0.15) is 17.8 Å². The van der Waals surface area contributed by atoms with Gasteiger partial charge in [-0.25, -0.2) is 14.8 Å². The van der Waals surface area contributed by atoms with Gasteiger partial charge in [-0.1, -0.05) is 0 Å². The molecule has 0 aromatic carbocycles. The van der Waals surface area contributed by atoms with E-state index in [1.54, 1.807) is 6.92 Å². The first-order valence-corrected chi connectivity index (χ1v) is 6.41. The Morgan fingerprint density at radius 3 is 2.81 bits per heavy atom. The number of carbonyl (C=O) groups excluding carboxylic acids is 1. The Hall–Kier alpha value is -2.77. The van der Waals surface area contributed by atoms with Crippen molar-refractivity contribution in [2.75, 3.05) is 6.54 Å². The average Bonchev–Trinajstić information content (AvgIpc) is 2.96. The molecule has 0 bridgehead atoms. The number of amides is 1. The number of carboxylic acid groups (broad SMARTS) is 1. The van der Waals surface area contributed by atoms with Crippen LogP contribution in [0.1, 0.15) is 38.8 Å². The van der Waals surface area contributed by atoms with Gasteiger partial charge in [0.2, 0.25) is 0 Å². The number of aromatic amines is 1. The fourth-order valence-electron chi connectivity index (χ4n) is 1.81. The molecule has 110 valence electrons. The molecule has 0 saturated heterocycles. The lowest BCUT2D eigenvalue weighted by molar-refractivity contribution is 0.0694. The standard InChI is InChI=1S/C13H15N5O3/c1-8-9(13(20)21)4-5-10(17-8)12(19)14-6-2-3-11-15-7-16-18-11/h4-5,7H,2-3,6H2,1H3,(H,14,19)(H,20,21)(H,15,16,18). The minimum absolute atomic E-state index is 0.0943. The van der Waals surface area contributed by atoms with Crippen molar-refractivity contribution in [3.63, 3.8) is 0 Å². The highest BCUT2D eigenvalue weighted by molar-refractivity contribution is 5.94. The number of carboxylic acids is 1. The van der Waals surface area contributed by atoms with Gasteiger partial charge >= 0.3 is 5.97 Å². The average molecular weight is 289 g/mol. The minimum atomic E-state index is -1.06. The molecular formula is C13H15N5O3. The quantitative estimate of drug-likeness (QED) is 0.668. The van der Waals surface area contributed by atoms with Crippen LogP contribution in [0.5, 0.6) is 0 Å². The Kier molecular flexibility index (Phi) is 4.60. The number of hydrogen-bond donors (Lipinski definition) is 3. The van der Waals surface area contributed by atoms with Crippen LogP contribution in [0.3, 0.4) is 0 Å². The summed E-state index contributed by atoms with van der Waals surface area (Å²) in [7, 11) is 0. The fourth-order valence-corrected chi connectivity index (χ4v) is 1.81. The molecule has 0 aliphatic carbocycles. The highest BCUT2D eigenvalue weighted by Gasteiger charge is 2.12. The molecule has 0 spiro atoms. The number of pyridine rings is 1. The second-order valence-electron chi connectivity index (χ2n) is 4.43. The van der Waals surface area contributed by atoms with Gasteiger partial charge in [0.15, 0.2) is 0 Å². The predicted molar refractivity (Wildman–Crippen MR) is 73.0 cm³/mol. The molecule has 0 unspecified atom stereocenters. The van der Waals surface area contributed by atoms with Crippen LogP contribution >= 0.6 is 0 Å². The Morgan fingerprint density at radius 2 is 2.19 bits per heavy atom. The van der Waals surface area contributed by atoms with Crippen molar-refractivity contribution in [2.45, 2.75) is 19.8 Å². The molecule has 2 aromatic rings. The maximum absolute atomic E-state index is 11.9. The van der Waals surface area contributed by atoms with E-state index in [2.05, 4.69) is 25.5 Å². The zero-order valence-electron chi connectivity index (χ0n) is 11.5. The van der Waals surface area contributed by atoms with E-state index in [4.69, 9.17) is 5.11 Å². The van der Waals surface area contributed by atoms with Crippen molar-refractivity contribution in [3.05, 3.63) is 41.2 Å². The molecule has 2 rings (SSSR count). The lowest BCUT2D eigenvalue weighted by Gasteiger charge is -2.06. The molecule has 0 aliphatic rings. The third kappa shape index (κ3) is 3.85. The fraction of sp³-hybridized carbons (Fsp3) is 0.308. The van der Waals surface area contributed by atoms with Gasteiger partial charge in [0, 0.05) is 13.0 Å². The second kappa shape index (κ2) is 6.60. The number of H-pyrrole nitrogens is 1. The Bertz CT molecular complexity index is 639. The molecular weight excluding hydrogens is 274 g/mol. The van der Waals surface area contributed by atoms with E-state index in [9.17, 15) is 9.59 Å². The number of hydrogen-bond acceptors (Lipinski definition) is 5. The molecule has 0 atom stereocenters. The summed E-state index contributed by atoms with van der Waals surface area (Å²) in [5.41, 5.74) is 0.617. The first-order valence-electron chi connectivity index (χ1n) is 6.41. The van der Waals surface area contributed by atoms with Gasteiger partial charge in [-0.15, -0.1) is 0 Å². The number of nitrogens with one attached hydrogen (secondary N) is 2. The molecule has 8 nitrogen and oxygen atoms in total. The third-order valence-corrected chi connectivity index (χ3v) is 2.89. The van der Waals surface area contributed by atoms with Gasteiger partial charge in [-0.05, 0) is 25.5 Å². The Labute approximate surface area is 120 Å². The minimum Gasteiger partial charge on any atom is -0.478 e. The SMILES string of the molecule is Cc1nc(C(=O)NCCCc2ncn[nH]2)ccc1C(=O)O. The molecule has 2 heterocycles. The molecule has 0 saturated carbocycles. The second-order valence-corrected chi connectivity index (χ2v) is 4.43. The zero-order chi connectivity index (χ0) is 15.2. The van der Waals surface area contributed by atoms with Crippen molar-refractivity contribution in [2.24, 2.45) is 0 Å². The van der Waals surface area contributed by atoms with Gasteiger partial charge < -0.3 is 10.4 Å². The number of nitrogens with zero attached hydrogens (tertiary/aromatic N) is 3. The molecule has 0 fully saturated rings. The van der Waals surface area contributed by atoms with Gasteiger partial charge in [-0.3, -0.25) is 9.89 Å². The van der Waals surface area contributed by atoms with Crippen LogP contribution in [-0.4, -0.2) is 43.7 Å². The van der Waals surface area contributed by atoms with Crippen LogP contribution in [0, 0.1) is 6.92 Å². The van der Waals surface area contributed by atoms with Gasteiger partial charge in [0.05, 0.1) is 11.3 Å². The summed E-state index contributed by atoms with van der Waals surface area (Å²) in [6.45, 7) is 2.03. The molecule has 1 amide bonds. The monoisotopic (exact) mass is 289 g/mol. The first kappa shape index (κ1) is 14.6. The van der Waals surface area contributed by atoms with E-state index < -0.39 is 5.97 Å². The maximum Gasteiger partial charge on any atom is 0.337 e. The summed E-state index contributed by atoms with van der Waals surface area (Å²) in [5.74, 6) is -0.615. The van der Waals surface area contributed by atoms with Crippen molar-refractivity contribution in [3.8, 4) is 0 Å². The van der Waals surface area contributed by atoms with E-state index >= 15 is 0 Å². The van der Waals surface area contributed by atoms with Crippen molar-refractivity contribution >= 4 is 11.9 Å². The first-order chi connectivity index (χ1) is 10.1. The summed E-state index contributed by atoms with van der Waals surface area (Å²) in [6.07, 6.45) is 2.84. The highest BCUT2D eigenvalue weighted by Crippen LogP contribution is 2.07. The van der Waals surface area contributed by atoms with Crippen molar-refractivity contribution < 1.29 is 14.7 Å². The lowest BCUT2D eigenvalue weighted by Crippen LogP contribution is -2.26. The number of carbonyl (C=O) groups is 2. The van der Waals surface area contributed by atoms with E-state index in [1.165, 1.54) is 18.5 Å². The molecule has 0 aliphatic heterocycles. The molecule has 0 radical (unpaired) electrons.